The van der Waals surface area contributed by atoms with Crippen molar-refractivity contribution in [1.82, 2.24) is 15.3 Å². The van der Waals surface area contributed by atoms with E-state index >= 15 is 0 Å². The number of fused-ring (bicyclic) bond motifs is 3. The Morgan fingerprint density at radius 2 is 2.07 bits per heavy atom. The molecule has 0 saturated heterocycles. The number of hydrogen-bond acceptors (Lipinski definition) is 4. The highest BCUT2D eigenvalue weighted by atomic mass is 32.1. The Morgan fingerprint density at radius 1 is 1.29 bits per heavy atom. The molecule has 3 aromatic rings. The Labute approximate surface area is 170 Å². The fourth-order valence-corrected chi connectivity index (χ4v) is 5.58. The number of benzene rings is 1. The third kappa shape index (κ3) is 4.06. The summed E-state index contributed by atoms with van der Waals surface area (Å²) < 4.78 is 0. The molecule has 3 atom stereocenters. The Bertz CT molecular complexity index is 1010. The molecule has 0 bridgehead atoms. The zero-order valence-corrected chi connectivity index (χ0v) is 17.7. The molecule has 1 aliphatic rings. The second-order valence-electron chi connectivity index (χ2n) is 8.30. The van der Waals surface area contributed by atoms with Crippen LogP contribution in [0.1, 0.15) is 61.5 Å². The van der Waals surface area contributed by atoms with Gasteiger partial charge in [0.05, 0.1) is 11.4 Å². The molecule has 0 aliphatic heterocycles. The predicted octanol–water partition coefficient (Wildman–Crippen LogP) is 4.78. The average Bonchev–Trinajstić information content (AvgIpc) is 3.05. The molecular formula is C23H29N3OS. The molecule has 0 spiro atoms. The zero-order chi connectivity index (χ0) is 19.7. The monoisotopic (exact) mass is 395 g/mol. The number of aromatic nitrogens is 2. The van der Waals surface area contributed by atoms with E-state index in [-0.39, 0.29) is 11.6 Å². The van der Waals surface area contributed by atoms with Gasteiger partial charge >= 0.3 is 0 Å². The van der Waals surface area contributed by atoms with Gasteiger partial charge in [0.2, 0.25) is 0 Å². The molecule has 0 saturated carbocycles. The highest BCUT2D eigenvalue weighted by molar-refractivity contribution is 7.18. The van der Waals surface area contributed by atoms with E-state index in [1.165, 1.54) is 16.0 Å². The minimum Gasteiger partial charge on any atom is -0.309 e. The highest BCUT2D eigenvalue weighted by Crippen LogP contribution is 2.35. The van der Waals surface area contributed by atoms with Crippen LogP contribution in [0, 0.1) is 5.92 Å². The van der Waals surface area contributed by atoms with Crippen molar-refractivity contribution in [2.24, 2.45) is 5.92 Å². The lowest BCUT2D eigenvalue weighted by atomic mass is 9.89. The first kappa shape index (κ1) is 19.3. The van der Waals surface area contributed by atoms with Crippen molar-refractivity contribution in [2.45, 2.75) is 65.0 Å². The van der Waals surface area contributed by atoms with Crippen molar-refractivity contribution in [1.29, 1.82) is 0 Å². The molecule has 4 nitrogen and oxygen atoms in total. The lowest BCUT2D eigenvalue weighted by molar-refractivity contribution is 0.443. The molecule has 2 heterocycles. The van der Waals surface area contributed by atoms with Crippen LogP contribution in [-0.4, -0.2) is 16.0 Å². The zero-order valence-electron chi connectivity index (χ0n) is 16.9. The Kier molecular flexibility index (Phi) is 5.65. The summed E-state index contributed by atoms with van der Waals surface area (Å²) in [4.78, 5) is 23.0. The molecule has 5 heteroatoms. The summed E-state index contributed by atoms with van der Waals surface area (Å²) in [5.41, 5.74) is 2.63. The van der Waals surface area contributed by atoms with Gasteiger partial charge in [-0.3, -0.25) is 4.79 Å². The van der Waals surface area contributed by atoms with E-state index in [2.05, 4.69) is 61.4 Å². The molecule has 2 N–H and O–H groups in total. The maximum absolute atomic E-state index is 12.8. The number of rotatable bonds is 6. The maximum atomic E-state index is 12.8. The second-order valence-corrected chi connectivity index (χ2v) is 9.38. The first-order valence-electron chi connectivity index (χ1n) is 10.4. The van der Waals surface area contributed by atoms with Gasteiger partial charge in [-0.2, -0.15) is 0 Å². The molecule has 0 amide bonds. The molecule has 1 aliphatic carbocycles. The molecule has 2 aromatic heterocycles. The number of thiophene rings is 1. The van der Waals surface area contributed by atoms with Crippen LogP contribution in [-0.2, 0) is 19.3 Å². The Hall–Kier alpha value is -1.98. The van der Waals surface area contributed by atoms with Crippen LogP contribution >= 0.6 is 11.3 Å². The highest BCUT2D eigenvalue weighted by Gasteiger charge is 2.24. The van der Waals surface area contributed by atoms with Crippen molar-refractivity contribution >= 4 is 21.6 Å². The van der Waals surface area contributed by atoms with Crippen LogP contribution in [0.25, 0.3) is 10.2 Å². The lowest BCUT2D eigenvalue weighted by Gasteiger charge is -2.19. The summed E-state index contributed by atoms with van der Waals surface area (Å²) in [6.07, 6.45) is 5.34. The number of nitrogens with zero attached hydrogens (tertiary/aromatic N) is 1. The van der Waals surface area contributed by atoms with Gasteiger partial charge in [-0.05, 0) is 63.0 Å². The molecule has 4 rings (SSSR count). The van der Waals surface area contributed by atoms with E-state index in [4.69, 9.17) is 4.98 Å². The fraction of sp³-hybridized carbons (Fsp3) is 0.478. The van der Waals surface area contributed by atoms with Gasteiger partial charge in [-0.25, -0.2) is 4.98 Å². The van der Waals surface area contributed by atoms with Gasteiger partial charge in [0.1, 0.15) is 10.7 Å². The molecule has 0 fully saturated rings. The number of nitrogens with one attached hydrogen (secondary N) is 2. The van der Waals surface area contributed by atoms with E-state index < -0.39 is 0 Å². The van der Waals surface area contributed by atoms with E-state index in [9.17, 15) is 4.79 Å². The third-order valence-corrected chi connectivity index (χ3v) is 6.99. The van der Waals surface area contributed by atoms with Crippen molar-refractivity contribution in [2.75, 3.05) is 0 Å². The molecule has 148 valence electrons. The summed E-state index contributed by atoms with van der Waals surface area (Å²) in [6, 6.07) is 10.9. The summed E-state index contributed by atoms with van der Waals surface area (Å²) >= 11 is 1.72. The van der Waals surface area contributed by atoms with E-state index in [1.54, 1.807) is 11.3 Å². The van der Waals surface area contributed by atoms with Crippen molar-refractivity contribution in [3.8, 4) is 0 Å². The Balaban J connectivity index is 1.48. The summed E-state index contributed by atoms with van der Waals surface area (Å²) in [5, 5.41) is 4.43. The fourth-order valence-electron chi connectivity index (χ4n) is 4.19. The van der Waals surface area contributed by atoms with E-state index in [0.29, 0.717) is 12.0 Å². The number of aromatic amines is 1. The first-order chi connectivity index (χ1) is 13.5. The van der Waals surface area contributed by atoms with Crippen molar-refractivity contribution in [3.63, 3.8) is 0 Å². The van der Waals surface area contributed by atoms with Crippen molar-refractivity contribution < 1.29 is 0 Å². The average molecular weight is 396 g/mol. The molecular weight excluding hydrogens is 366 g/mol. The quantitative estimate of drug-likeness (QED) is 0.631. The van der Waals surface area contributed by atoms with Crippen LogP contribution in [0.4, 0.5) is 0 Å². The Morgan fingerprint density at radius 3 is 2.86 bits per heavy atom. The molecule has 0 unspecified atom stereocenters. The van der Waals surface area contributed by atoms with Gasteiger partial charge in [0.25, 0.3) is 5.56 Å². The maximum Gasteiger partial charge on any atom is 0.259 e. The third-order valence-electron chi connectivity index (χ3n) is 5.84. The van der Waals surface area contributed by atoms with Gasteiger partial charge in [0.15, 0.2) is 0 Å². The van der Waals surface area contributed by atoms with Crippen LogP contribution in [0.15, 0.2) is 35.1 Å². The molecule has 28 heavy (non-hydrogen) atoms. The largest absolute Gasteiger partial charge is 0.309 e. The van der Waals surface area contributed by atoms with E-state index in [0.717, 1.165) is 48.1 Å². The predicted molar refractivity (Wildman–Crippen MR) is 117 cm³/mol. The first-order valence-corrected chi connectivity index (χ1v) is 11.2. The lowest BCUT2D eigenvalue weighted by Crippen LogP contribution is -2.31. The summed E-state index contributed by atoms with van der Waals surface area (Å²) in [7, 11) is 0. The van der Waals surface area contributed by atoms with Gasteiger partial charge in [-0.1, -0.05) is 37.3 Å². The van der Waals surface area contributed by atoms with Gasteiger partial charge < -0.3 is 10.3 Å². The van der Waals surface area contributed by atoms with Gasteiger partial charge in [-0.15, -0.1) is 11.3 Å². The minimum absolute atomic E-state index is 0.0147. The van der Waals surface area contributed by atoms with Gasteiger partial charge in [0, 0.05) is 10.9 Å². The summed E-state index contributed by atoms with van der Waals surface area (Å²) in [6.45, 7) is 6.57. The van der Waals surface area contributed by atoms with Crippen LogP contribution in [0.5, 0.6) is 0 Å². The minimum atomic E-state index is 0.0147. The van der Waals surface area contributed by atoms with Crippen LogP contribution < -0.4 is 10.9 Å². The SMILES string of the molecule is C[C@H]1CCc2c(sc3nc([C@@H](C)N[C@@H](C)CCc4ccccc4)[nH]c(=O)c23)C1. The van der Waals surface area contributed by atoms with E-state index in [1.807, 2.05) is 0 Å². The second kappa shape index (κ2) is 8.18. The van der Waals surface area contributed by atoms with Crippen LogP contribution in [0.2, 0.25) is 0 Å². The smallest absolute Gasteiger partial charge is 0.259 e. The normalized spacial score (nSPS) is 18.8. The van der Waals surface area contributed by atoms with Crippen LogP contribution in [0.3, 0.4) is 0 Å². The standard InChI is InChI=1S/C23H29N3OS/c1-14-9-12-18-19(13-14)28-23-20(18)22(27)25-21(26-23)16(3)24-15(2)10-11-17-7-5-4-6-8-17/h4-8,14-16,24H,9-13H2,1-3H3,(H,25,26,27)/t14-,15-,16+/m0/s1. The van der Waals surface area contributed by atoms with Crippen molar-refractivity contribution in [3.05, 3.63) is 62.5 Å². The summed E-state index contributed by atoms with van der Waals surface area (Å²) in [5.74, 6) is 1.45. The topological polar surface area (TPSA) is 57.8 Å². The number of hydrogen-bond donors (Lipinski definition) is 2. The molecule has 1 aromatic carbocycles. The molecule has 0 radical (unpaired) electrons. The number of aryl methyl sites for hydroxylation is 2. The number of H-pyrrole nitrogens is 1.